The van der Waals surface area contributed by atoms with Crippen molar-refractivity contribution in [3.05, 3.63) is 12.2 Å². The van der Waals surface area contributed by atoms with Gasteiger partial charge >= 0.3 is 5.97 Å². The summed E-state index contributed by atoms with van der Waals surface area (Å²) < 4.78 is 0. The van der Waals surface area contributed by atoms with E-state index in [0.29, 0.717) is 17.4 Å². The Bertz CT molecular complexity index is 283. The monoisotopic (exact) mass is 283 g/mol. The summed E-state index contributed by atoms with van der Waals surface area (Å²) in [5.74, 6) is 0.520. The van der Waals surface area contributed by atoms with Crippen LogP contribution in [0.5, 0.6) is 0 Å². The second-order valence-corrected chi connectivity index (χ2v) is 6.61. The molecule has 1 atom stereocenters. The molecular weight excluding hydrogens is 250 g/mol. The van der Waals surface area contributed by atoms with Crippen LogP contribution >= 0.6 is 0 Å². The Hall–Kier alpha value is -0.830. The van der Waals surface area contributed by atoms with Gasteiger partial charge in [0.15, 0.2) is 0 Å². The molecule has 0 fully saturated rings. The van der Waals surface area contributed by atoms with Gasteiger partial charge < -0.3 is 5.11 Å². The highest BCUT2D eigenvalue weighted by Gasteiger charge is 2.20. The van der Waals surface area contributed by atoms with Crippen LogP contribution in [0.15, 0.2) is 12.2 Å². The fourth-order valence-electron chi connectivity index (χ4n) is 2.30. The SMILES string of the molecule is C=C(C(=O)O)C(C)N(CCCC(C)C)CCCC(C)C. The molecule has 0 aliphatic carbocycles. The molecule has 3 heteroatoms. The summed E-state index contributed by atoms with van der Waals surface area (Å²) >= 11 is 0. The van der Waals surface area contributed by atoms with Crippen LogP contribution in [0.2, 0.25) is 0 Å². The maximum absolute atomic E-state index is 11.1. The normalized spacial score (nSPS) is 13.2. The summed E-state index contributed by atoms with van der Waals surface area (Å²) in [6.07, 6.45) is 4.62. The molecule has 0 aliphatic heterocycles. The fourth-order valence-corrected chi connectivity index (χ4v) is 2.30. The lowest BCUT2D eigenvalue weighted by Gasteiger charge is -2.29. The highest BCUT2D eigenvalue weighted by molar-refractivity contribution is 5.87. The predicted molar refractivity (Wildman–Crippen MR) is 86.0 cm³/mol. The average Bonchev–Trinajstić information content (AvgIpc) is 2.34. The zero-order valence-electron chi connectivity index (χ0n) is 14.0. The molecule has 0 bridgehead atoms. The Kier molecular flexibility index (Phi) is 9.56. The maximum atomic E-state index is 11.1. The lowest BCUT2D eigenvalue weighted by molar-refractivity contribution is -0.133. The van der Waals surface area contributed by atoms with Gasteiger partial charge in [0, 0.05) is 11.6 Å². The van der Waals surface area contributed by atoms with E-state index >= 15 is 0 Å². The first kappa shape index (κ1) is 19.2. The Morgan fingerprint density at radius 1 is 1.00 bits per heavy atom. The molecule has 0 aliphatic rings. The van der Waals surface area contributed by atoms with Crippen LogP contribution in [0.1, 0.15) is 60.3 Å². The minimum Gasteiger partial charge on any atom is -0.478 e. The van der Waals surface area contributed by atoms with E-state index in [1.807, 2.05) is 6.92 Å². The Morgan fingerprint density at radius 3 is 1.70 bits per heavy atom. The predicted octanol–water partition coefficient (Wildman–Crippen LogP) is 4.19. The van der Waals surface area contributed by atoms with E-state index in [9.17, 15) is 4.79 Å². The van der Waals surface area contributed by atoms with Crippen molar-refractivity contribution in [2.24, 2.45) is 11.8 Å². The van der Waals surface area contributed by atoms with Crippen molar-refractivity contribution in [3.63, 3.8) is 0 Å². The summed E-state index contributed by atoms with van der Waals surface area (Å²) in [4.78, 5) is 13.4. The van der Waals surface area contributed by atoms with Crippen molar-refractivity contribution >= 4 is 5.97 Å². The van der Waals surface area contributed by atoms with E-state index in [2.05, 4.69) is 39.2 Å². The number of rotatable bonds is 11. The summed E-state index contributed by atoms with van der Waals surface area (Å²) in [5.41, 5.74) is 0.305. The van der Waals surface area contributed by atoms with E-state index in [1.165, 1.54) is 12.8 Å². The van der Waals surface area contributed by atoms with Crippen LogP contribution in [0.3, 0.4) is 0 Å². The molecule has 0 heterocycles. The standard InChI is InChI=1S/C17H33NO2/c1-13(2)9-7-11-18(12-8-10-14(3)4)16(6)15(5)17(19)20/h13-14,16H,5,7-12H2,1-4,6H3,(H,19,20). The van der Waals surface area contributed by atoms with Gasteiger partial charge in [-0.25, -0.2) is 4.79 Å². The quantitative estimate of drug-likeness (QED) is 0.578. The van der Waals surface area contributed by atoms with Crippen LogP contribution in [0, 0.1) is 11.8 Å². The maximum Gasteiger partial charge on any atom is 0.332 e. The number of nitrogens with zero attached hydrogens (tertiary/aromatic N) is 1. The Morgan fingerprint density at radius 2 is 1.40 bits per heavy atom. The van der Waals surface area contributed by atoms with E-state index in [1.54, 1.807) is 0 Å². The molecule has 0 saturated heterocycles. The molecular formula is C17H33NO2. The molecule has 0 spiro atoms. The Balaban J connectivity index is 4.43. The van der Waals surface area contributed by atoms with Gasteiger partial charge in [-0.3, -0.25) is 4.90 Å². The second kappa shape index (κ2) is 9.98. The Labute approximate surface area is 125 Å². The molecule has 0 radical (unpaired) electrons. The van der Waals surface area contributed by atoms with Gasteiger partial charge in [-0.2, -0.15) is 0 Å². The van der Waals surface area contributed by atoms with Gasteiger partial charge in [0.25, 0.3) is 0 Å². The highest BCUT2D eigenvalue weighted by atomic mass is 16.4. The number of aliphatic carboxylic acids is 1. The average molecular weight is 283 g/mol. The molecule has 0 saturated carbocycles. The third kappa shape index (κ3) is 8.36. The van der Waals surface area contributed by atoms with Crippen LogP contribution in [-0.2, 0) is 4.79 Å². The molecule has 0 aromatic rings. The fraction of sp³-hybridized carbons (Fsp3) is 0.824. The summed E-state index contributed by atoms with van der Waals surface area (Å²) in [6, 6.07) is -0.0770. The molecule has 0 rings (SSSR count). The van der Waals surface area contributed by atoms with Gasteiger partial charge in [0.05, 0.1) is 0 Å². The van der Waals surface area contributed by atoms with Crippen LogP contribution < -0.4 is 0 Å². The topological polar surface area (TPSA) is 40.5 Å². The van der Waals surface area contributed by atoms with Crippen molar-refractivity contribution in [2.75, 3.05) is 13.1 Å². The van der Waals surface area contributed by atoms with E-state index in [4.69, 9.17) is 5.11 Å². The second-order valence-electron chi connectivity index (χ2n) is 6.61. The summed E-state index contributed by atoms with van der Waals surface area (Å²) in [7, 11) is 0. The smallest absolute Gasteiger partial charge is 0.332 e. The summed E-state index contributed by atoms with van der Waals surface area (Å²) in [5, 5.41) is 9.10. The first-order chi connectivity index (χ1) is 9.25. The van der Waals surface area contributed by atoms with Crippen molar-refractivity contribution in [1.29, 1.82) is 0 Å². The zero-order chi connectivity index (χ0) is 15.7. The number of hydrogen-bond acceptors (Lipinski definition) is 2. The number of carbonyl (C=O) groups is 1. The van der Waals surface area contributed by atoms with Crippen molar-refractivity contribution in [2.45, 2.75) is 66.3 Å². The van der Waals surface area contributed by atoms with Crippen molar-refractivity contribution < 1.29 is 9.90 Å². The number of carboxylic acid groups (broad SMARTS) is 1. The van der Waals surface area contributed by atoms with Gasteiger partial charge in [-0.15, -0.1) is 0 Å². The van der Waals surface area contributed by atoms with E-state index < -0.39 is 5.97 Å². The van der Waals surface area contributed by atoms with Gasteiger partial charge in [-0.1, -0.05) is 34.3 Å². The third-order valence-electron chi connectivity index (χ3n) is 3.78. The van der Waals surface area contributed by atoms with Gasteiger partial charge in [0.2, 0.25) is 0 Å². The van der Waals surface area contributed by atoms with Crippen LogP contribution in [-0.4, -0.2) is 35.1 Å². The molecule has 1 N–H and O–H groups in total. The molecule has 0 aromatic carbocycles. The van der Waals surface area contributed by atoms with E-state index in [-0.39, 0.29) is 6.04 Å². The first-order valence-electron chi connectivity index (χ1n) is 7.91. The van der Waals surface area contributed by atoms with Gasteiger partial charge in [0.1, 0.15) is 0 Å². The van der Waals surface area contributed by atoms with Crippen LogP contribution in [0.25, 0.3) is 0 Å². The first-order valence-corrected chi connectivity index (χ1v) is 7.91. The molecule has 0 aromatic heterocycles. The van der Waals surface area contributed by atoms with Crippen LogP contribution in [0.4, 0.5) is 0 Å². The number of hydrogen-bond donors (Lipinski definition) is 1. The third-order valence-corrected chi connectivity index (χ3v) is 3.78. The minimum absolute atomic E-state index is 0.0770. The lowest BCUT2D eigenvalue weighted by atomic mass is 10.0. The zero-order valence-corrected chi connectivity index (χ0v) is 14.0. The van der Waals surface area contributed by atoms with Crippen molar-refractivity contribution in [3.8, 4) is 0 Å². The van der Waals surface area contributed by atoms with Gasteiger partial charge in [-0.05, 0) is 57.5 Å². The molecule has 0 amide bonds. The lowest BCUT2D eigenvalue weighted by Crippen LogP contribution is -2.38. The summed E-state index contributed by atoms with van der Waals surface area (Å²) in [6.45, 7) is 16.5. The van der Waals surface area contributed by atoms with E-state index in [0.717, 1.165) is 25.9 Å². The van der Waals surface area contributed by atoms with Crippen molar-refractivity contribution in [1.82, 2.24) is 4.90 Å². The molecule has 3 nitrogen and oxygen atoms in total. The highest BCUT2D eigenvalue weighted by Crippen LogP contribution is 2.14. The number of carboxylic acids is 1. The molecule has 1 unspecified atom stereocenters. The largest absolute Gasteiger partial charge is 0.478 e. The molecule has 118 valence electrons. The molecule has 20 heavy (non-hydrogen) atoms. The minimum atomic E-state index is -0.879.